The smallest absolute Gasteiger partial charge is 0.125 e. The van der Waals surface area contributed by atoms with E-state index in [1.165, 1.54) is 0 Å². The van der Waals surface area contributed by atoms with E-state index >= 15 is 0 Å². The Balaban J connectivity index is 2.36. The molecule has 0 aliphatic rings. The summed E-state index contributed by atoms with van der Waals surface area (Å²) in [5.41, 5.74) is 5.71. The van der Waals surface area contributed by atoms with Crippen LogP contribution in [0.2, 0.25) is 0 Å². The summed E-state index contributed by atoms with van der Waals surface area (Å²) in [7, 11) is 0. The standard InChI is InChI=1S/C7H13N3O/c1-2-11-5-6(8)7-9-3-4-10-7/h3-4,6H,2,5,8H2,1H3,(H,9,10). The summed E-state index contributed by atoms with van der Waals surface area (Å²) in [5, 5.41) is 0. The number of nitrogens with two attached hydrogens (primary N) is 1. The monoisotopic (exact) mass is 155 g/mol. The Morgan fingerprint density at radius 3 is 3.18 bits per heavy atom. The molecule has 1 atom stereocenters. The first-order valence-corrected chi connectivity index (χ1v) is 3.67. The Morgan fingerprint density at radius 1 is 1.82 bits per heavy atom. The molecule has 0 saturated carbocycles. The van der Waals surface area contributed by atoms with Gasteiger partial charge in [-0.25, -0.2) is 4.98 Å². The zero-order valence-electron chi connectivity index (χ0n) is 6.58. The number of H-pyrrole nitrogens is 1. The lowest BCUT2D eigenvalue weighted by Gasteiger charge is -2.07. The SMILES string of the molecule is CCOCC(N)c1ncc[nH]1. The third kappa shape index (κ3) is 2.32. The molecule has 1 rings (SSSR count). The molecule has 1 aromatic rings. The van der Waals surface area contributed by atoms with Crippen LogP contribution in [0.1, 0.15) is 18.8 Å². The normalized spacial score (nSPS) is 13.3. The van der Waals surface area contributed by atoms with Crippen LogP contribution in [-0.2, 0) is 4.74 Å². The predicted molar refractivity (Wildman–Crippen MR) is 42.0 cm³/mol. The first-order valence-electron chi connectivity index (χ1n) is 3.67. The van der Waals surface area contributed by atoms with E-state index in [0.29, 0.717) is 13.2 Å². The topological polar surface area (TPSA) is 63.9 Å². The highest BCUT2D eigenvalue weighted by Gasteiger charge is 2.06. The van der Waals surface area contributed by atoms with Crippen molar-refractivity contribution in [3.05, 3.63) is 18.2 Å². The van der Waals surface area contributed by atoms with E-state index < -0.39 is 0 Å². The van der Waals surface area contributed by atoms with Gasteiger partial charge in [0.1, 0.15) is 5.82 Å². The quantitative estimate of drug-likeness (QED) is 0.663. The van der Waals surface area contributed by atoms with E-state index in [2.05, 4.69) is 9.97 Å². The Bertz CT molecular complexity index is 186. The zero-order valence-corrected chi connectivity index (χ0v) is 6.58. The fourth-order valence-electron chi connectivity index (χ4n) is 0.804. The molecule has 0 aliphatic carbocycles. The van der Waals surface area contributed by atoms with Crippen molar-refractivity contribution in [3.63, 3.8) is 0 Å². The third-order valence-electron chi connectivity index (χ3n) is 1.37. The van der Waals surface area contributed by atoms with Gasteiger partial charge in [0.2, 0.25) is 0 Å². The van der Waals surface area contributed by atoms with Crippen molar-refractivity contribution >= 4 is 0 Å². The number of nitrogens with one attached hydrogen (secondary N) is 1. The number of aromatic amines is 1. The van der Waals surface area contributed by atoms with E-state index in [4.69, 9.17) is 10.5 Å². The van der Waals surface area contributed by atoms with Gasteiger partial charge in [-0.1, -0.05) is 0 Å². The molecule has 4 nitrogen and oxygen atoms in total. The van der Waals surface area contributed by atoms with Crippen LogP contribution in [0.25, 0.3) is 0 Å². The number of ether oxygens (including phenoxy) is 1. The first-order chi connectivity index (χ1) is 5.34. The third-order valence-corrected chi connectivity index (χ3v) is 1.37. The number of nitrogens with zero attached hydrogens (tertiary/aromatic N) is 1. The van der Waals surface area contributed by atoms with Crippen molar-refractivity contribution in [2.75, 3.05) is 13.2 Å². The molecule has 4 heteroatoms. The number of rotatable bonds is 4. The van der Waals surface area contributed by atoms with Crippen molar-refractivity contribution in [1.82, 2.24) is 9.97 Å². The Labute approximate surface area is 65.8 Å². The minimum absolute atomic E-state index is 0.134. The number of aromatic nitrogens is 2. The lowest BCUT2D eigenvalue weighted by molar-refractivity contribution is 0.131. The Hall–Kier alpha value is -0.870. The van der Waals surface area contributed by atoms with E-state index in [1.807, 2.05) is 6.92 Å². The lowest BCUT2D eigenvalue weighted by Crippen LogP contribution is -2.18. The second kappa shape index (κ2) is 4.10. The number of imidazole rings is 1. The summed E-state index contributed by atoms with van der Waals surface area (Å²) < 4.78 is 5.13. The molecule has 1 heterocycles. The summed E-state index contributed by atoms with van der Waals surface area (Å²) in [6.07, 6.45) is 3.43. The van der Waals surface area contributed by atoms with Crippen LogP contribution < -0.4 is 5.73 Å². The second-order valence-corrected chi connectivity index (χ2v) is 2.24. The van der Waals surface area contributed by atoms with E-state index in [9.17, 15) is 0 Å². The second-order valence-electron chi connectivity index (χ2n) is 2.24. The number of hydrogen-bond acceptors (Lipinski definition) is 3. The molecule has 0 bridgehead atoms. The van der Waals surface area contributed by atoms with Gasteiger partial charge in [-0.05, 0) is 6.92 Å². The molecule has 1 aromatic heterocycles. The van der Waals surface area contributed by atoms with Crippen LogP contribution in [0, 0.1) is 0 Å². The number of hydrogen-bond donors (Lipinski definition) is 2. The highest BCUT2D eigenvalue weighted by molar-refractivity contribution is 4.93. The summed E-state index contributed by atoms with van der Waals surface area (Å²) in [5.74, 6) is 0.776. The van der Waals surface area contributed by atoms with Crippen LogP contribution in [0.3, 0.4) is 0 Å². The first kappa shape index (κ1) is 8.23. The van der Waals surface area contributed by atoms with Gasteiger partial charge in [0.25, 0.3) is 0 Å². The molecule has 0 aliphatic heterocycles. The van der Waals surface area contributed by atoms with Crippen molar-refractivity contribution in [2.24, 2.45) is 5.73 Å². The summed E-state index contributed by atoms with van der Waals surface area (Å²) in [6.45, 7) is 3.15. The maximum Gasteiger partial charge on any atom is 0.125 e. The molecule has 0 radical (unpaired) electrons. The van der Waals surface area contributed by atoms with Gasteiger partial charge in [0.05, 0.1) is 12.6 Å². The molecular weight excluding hydrogens is 142 g/mol. The highest BCUT2D eigenvalue weighted by atomic mass is 16.5. The molecule has 3 N–H and O–H groups in total. The maximum atomic E-state index is 5.71. The molecular formula is C7H13N3O. The van der Waals surface area contributed by atoms with Gasteiger partial charge in [-0.15, -0.1) is 0 Å². The average Bonchev–Trinajstić information content (AvgIpc) is 2.52. The summed E-state index contributed by atoms with van der Waals surface area (Å²) in [4.78, 5) is 6.94. The van der Waals surface area contributed by atoms with E-state index in [-0.39, 0.29) is 6.04 Å². The Kier molecular flexibility index (Phi) is 3.07. The summed E-state index contributed by atoms with van der Waals surface area (Å²) in [6, 6.07) is -0.134. The lowest BCUT2D eigenvalue weighted by atomic mass is 10.3. The van der Waals surface area contributed by atoms with Crippen LogP contribution >= 0.6 is 0 Å². The molecule has 0 spiro atoms. The van der Waals surface area contributed by atoms with Crippen molar-refractivity contribution in [1.29, 1.82) is 0 Å². The van der Waals surface area contributed by atoms with Crippen LogP contribution in [0.15, 0.2) is 12.4 Å². The van der Waals surface area contributed by atoms with Crippen LogP contribution in [0.5, 0.6) is 0 Å². The predicted octanol–water partition coefficient (Wildman–Crippen LogP) is 0.446. The van der Waals surface area contributed by atoms with Crippen molar-refractivity contribution in [2.45, 2.75) is 13.0 Å². The largest absolute Gasteiger partial charge is 0.380 e. The zero-order chi connectivity index (χ0) is 8.10. The van der Waals surface area contributed by atoms with Crippen LogP contribution in [0.4, 0.5) is 0 Å². The molecule has 0 aromatic carbocycles. The van der Waals surface area contributed by atoms with Crippen LogP contribution in [-0.4, -0.2) is 23.2 Å². The molecule has 62 valence electrons. The van der Waals surface area contributed by atoms with Gasteiger partial charge in [0, 0.05) is 19.0 Å². The maximum absolute atomic E-state index is 5.71. The molecule has 0 saturated heterocycles. The van der Waals surface area contributed by atoms with Gasteiger partial charge >= 0.3 is 0 Å². The van der Waals surface area contributed by atoms with Gasteiger partial charge in [-0.2, -0.15) is 0 Å². The molecule has 0 fully saturated rings. The summed E-state index contributed by atoms with van der Waals surface area (Å²) >= 11 is 0. The fraction of sp³-hybridized carbons (Fsp3) is 0.571. The minimum Gasteiger partial charge on any atom is -0.380 e. The fourth-order valence-corrected chi connectivity index (χ4v) is 0.804. The highest BCUT2D eigenvalue weighted by Crippen LogP contribution is 2.02. The molecule has 11 heavy (non-hydrogen) atoms. The molecule has 1 unspecified atom stereocenters. The molecule has 0 amide bonds. The van der Waals surface area contributed by atoms with E-state index in [1.54, 1.807) is 12.4 Å². The van der Waals surface area contributed by atoms with Gasteiger partial charge < -0.3 is 15.5 Å². The van der Waals surface area contributed by atoms with Gasteiger partial charge in [-0.3, -0.25) is 0 Å². The van der Waals surface area contributed by atoms with Crippen molar-refractivity contribution < 1.29 is 4.74 Å². The minimum atomic E-state index is -0.134. The van der Waals surface area contributed by atoms with E-state index in [0.717, 1.165) is 5.82 Å². The average molecular weight is 155 g/mol. The van der Waals surface area contributed by atoms with Gasteiger partial charge in [0.15, 0.2) is 0 Å². The Morgan fingerprint density at radius 2 is 2.64 bits per heavy atom. The van der Waals surface area contributed by atoms with Crippen molar-refractivity contribution in [3.8, 4) is 0 Å².